The molecule has 0 aliphatic heterocycles. The Morgan fingerprint density at radius 2 is 1.86 bits per heavy atom. The smallest absolute Gasteiger partial charge is 0.339 e. The summed E-state index contributed by atoms with van der Waals surface area (Å²) < 4.78 is 46.3. The molecule has 1 amide bonds. The van der Waals surface area contributed by atoms with Gasteiger partial charge in [0.05, 0.1) is 16.1 Å². The van der Waals surface area contributed by atoms with E-state index < -0.39 is 33.8 Å². The van der Waals surface area contributed by atoms with Gasteiger partial charge in [-0.05, 0) is 56.5 Å². The first-order chi connectivity index (χ1) is 13.7. The highest BCUT2D eigenvalue weighted by atomic mass is 32.2. The Kier molecular flexibility index (Phi) is 5.88. The topological polar surface area (TPSA) is 102 Å². The molecule has 0 saturated heterocycles. The molecule has 1 saturated carbocycles. The highest BCUT2D eigenvalue weighted by Crippen LogP contribution is 2.22. The van der Waals surface area contributed by atoms with E-state index >= 15 is 0 Å². The minimum atomic E-state index is -4.14. The van der Waals surface area contributed by atoms with Crippen LogP contribution < -0.4 is 10.0 Å². The molecule has 1 aliphatic rings. The maximum absolute atomic E-state index is 13.8. The Balaban J connectivity index is 1.78. The van der Waals surface area contributed by atoms with Crippen LogP contribution in [0.5, 0.6) is 0 Å². The maximum Gasteiger partial charge on any atom is 0.339 e. The third-order valence-electron chi connectivity index (χ3n) is 4.43. The van der Waals surface area contributed by atoms with Gasteiger partial charge in [0.25, 0.3) is 15.9 Å². The number of carbonyl (C=O) groups is 2. The SMILES string of the molecule is Cc1ccc(S(=O)(=O)Nc2ccccc2F)cc1C(=O)O[C@H](C)C(=O)NC1CC1. The summed E-state index contributed by atoms with van der Waals surface area (Å²) in [5.74, 6) is -1.94. The van der Waals surface area contributed by atoms with Crippen molar-refractivity contribution in [2.75, 3.05) is 4.72 Å². The highest BCUT2D eigenvalue weighted by molar-refractivity contribution is 7.92. The number of benzene rings is 2. The highest BCUT2D eigenvalue weighted by Gasteiger charge is 2.28. The fraction of sp³-hybridized carbons (Fsp3) is 0.300. The summed E-state index contributed by atoms with van der Waals surface area (Å²) in [5, 5.41) is 2.74. The summed E-state index contributed by atoms with van der Waals surface area (Å²) in [4.78, 5) is 24.2. The molecule has 2 aromatic carbocycles. The first-order valence-electron chi connectivity index (χ1n) is 9.07. The molecule has 0 radical (unpaired) electrons. The second kappa shape index (κ2) is 8.20. The molecular formula is C20H21FN2O5S. The molecule has 1 aliphatic carbocycles. The summed E-state index contributed by atoms with van der Waals surface area (Å²) in [7, 11) is -4.14. The van der Waals surface area contributed by atoms with Crippen LogP contribution in [0.2, 0.25) is 0 Å². The molecule has 0 unspecified atom stereocenters. The van der Waals surface area contributed by atoms with Crippen molar-refractivity contribution in [3.63, 3.8) is 0 Å². The molecule has 2 N–H and O–H groups in total. The molecule has 0 heterocycles. The van der Waals surface area contributed by atoms with Crippen molar-refractivity contribution < 1.29 is 27.1 Å². The molecule has 1 fully saturated rings. The van der Waals surface area contributed by atoms with E-state index in [1.165, 1.54) is 37.3 Å². The number of hydrogen-bond acceptors (Lipinski definition) is 5. The lowest BCUT2D eigenvalue weighted by atomic mass is 10.1. The summed E-state index contributed by atoms with van der Waals surface area (Å²) in [6.45, 7) is 3.07. The van der Waals surface area contributed by atoms with E-state index in [1.54, 1.807) is 6.92 Å². The van der Waals surface area contributed by atoms with Crippen LogP contribution in [0.4, 0.5) is 10.1 Å². The number of esters is 1. The van der Waals surface area contributed by atoms with Crippen LogP contribution in [0.3, 0.4) is 0 Å². The van der Waals surface area contributed by atoms with Crippen molar-refractivity contribution in [2.24, 2.45) is 0 Å². The minimum Gasteiger partial charge on any atom is -0.449 e. The van der Waals surface area contributed by atoms with Gasteiger partial charge in [0.15, 0.2) is 6.10 Å². The van der Waals surface area contributed by atoms with Crippen LogP contribution in [-0.2, 0) is 19.6 Å². The molecule has 7 nitrogen and oxygen atoms in total. The molecule has 9 heteroatoms. The predicted octanol–water partition coefficient (Wildman–Crippen LogP) is 2.76. The van der Waals surface area contributed by atoms with E-state index in [0.29, 0.717) is 5.56 Å². The molecule has 29 heavy (non-hydrogen) atoms. The van der Waals surface area contributed by atoms with Gasteiger partial charge in [0, 0.05) is 6.04 Å². The van der Waals surface area contributed by atoms with Gasteiger partial charge in [-0.1, -0.05) is 18.2 Å². The Bertz CT molecular complexity index is 1050. The van der Waals surface area contributed by atoms with Gasteiger partial charge >= 0.3 is 5.97 Å². The molecule has 0 bridgehead atoms. The second-order valence-electron chi connectivity index (χ2n) is 6.89. The summed E-state index contributed by atoms with van der Waals surface area (Å²) in [5.41, 5.74) is 0.282. The lowest BCUT2D eigenvalue weighted by Gasteiger charge is -2.15. The molecule has 2 aromatic rings. The standard InChI is InChI=1S/C20H21FN2O5S/c1-12-7-10-15(29(26,27)23-18-6-4-3-5-17(18)21)11-16(12)20(25)28-13(2)19(24)22-14-8-9-14/h3-7,10-11,13-14,23H,8-9H2,1-2H3,(H,22,24)/t13-/m1/s1. The number of hydrogen-bond donors (Lipinski definition) is 2. The number of rotatable bonds is 7. The minimum absolute atomic E-state index is 0.00693. The zero-order valence-electron chi connectivity index (χ0n) is 15.9. The number of ether oxygens (including phenoxy) is 1. The first kappa shape index (κ1) is 20.8. The van der Waals surface area contributed by atoms with Gasteiger partial charge in [-0.2, -0.15) is 0 Å². The van der Waals surface area contributed by atoms with Gasteiger partial charge in [-0.25, -0.2) is 17.6 Å². The Labute approximate surface area is 168 Å². The predicted molar refractivity (Wildman–Crippen MR) is 104 cm³/mol. The van der Waals surface area contributed by atoms with Gasteiger partial charge in [0.1, 0.15) is 5.82 Å². The van der Waals surface area contributed by atoms with Crippen molar-refractivity contribution in [1.82, 2.24) is 5.32 Å². The molecule has 154 valence electrons. The van der Waals surface area contributed by atoms with E-state index in [2.05, 4.69) is 10.0 Å². The van der Waals surface area contributed by atoms with E-state index in [4.69, 9.17) is 4.74 Å². The monoisotopic (exact) mass is 420 g/mol. The van der Waals surface area contributed by atoms with Crippen LogP contribution in [0, 0.1) is 12.7 Å². The normalized spacial score (nSPS) is 14.7. The third-order valence-corrected chi connectivity index (χ3v) is 5.80. The van der Waals surface area contributed by atoms with Crippen LogP contribution in [-0.4, -0.2) is 32.4 Å². The van der Waals surface area contributed by atoms with Crippen molar-refractivity contribution >= 4 is 27.6 Å². The molecule has 3 rings (SSSR count). The average Bonchev–Trinajstić information content (AvgIpc) is 3.47. The summed E-state index contributed by atoms with van der Waals surface area (Å²) in [6, 6.07) is 9.37. The van der Waals surface area contributed by atoms with E-state index in [-0.39, 0.29) is 22.2 Å². The molecule has 0 spiro atoms. The zero-order chi connectivity index (χ0) is 21.2. The third kappa shape index (κ3) is 5.11. The fourth-order valence-corrected chi connectivity index (χ4v) is 3.65. The van der Waals surface area contributed by atoms with Gasteiger partial charge in [-0.15, -0.1) is 0 Å². The number of nitrogens with one attached hydrogen (secondary N) is 2. The Morgan fingerprint density at radius 3 is 2.52 bits per heavy atom. The second-order valence-corrected chi connectivity index (χ2v) is 8.57. The van der Waals surface area contributed by atoms with Crippen LogP contribution >= 0.6 is 0 Å². The summed E-state index contributed by atoms with van der Waals surface area (Å²) >= 11 is 0. The van der Waals surface area contributed by atoms with Gasteiger partial charge < -0.3 is 10.1 Å². The van der Waals surface area contributed by atoms with Crippen molar-refractivity contribution in [2.45, 2.75) is 43.7 Å². The average molecular weight is 420 g/mol. The molecular weight excluding hydrogens is 399 g/mol. The van der Waals surface area contributed by atoms with Gasteiger partial charge in [0.2, 0.25) is 0 Å². The van der Waals surface area contributed by atoms with Crippen LogP contribution in [0.15, 0.2) is 47.4 Å². The lowest BCUT2D eigenvalue weighted by Crippen LogP contribution is -2.37. The van der Waals surface area contributed by atoms with Crippen LogP contribution in [0.25, 0.3) is 0 Å². The number of halogens is 1. The first-order valence-corrected chi connectivity index (χ1v) is 10.5. The zero-order valence-corrected chi connectivity index (χ0v) is 16.8. The lowest BCUT2D eigenvalue weighted by molar-refractivity contribution is -0.129. The van der Waals surface area contributed by atoms with E-state index in [9.17, 15) is 22.4 Å². The molecule has 0 aromatic heterocycles. The van der Waals surface area contributed by atoms with Crippen LogP contribution in [0.1, 0.15) is 35.7 Å². The maximum atomic E-state index is 13.8. The largest absolute Gasteiger partial charge is 0.449 e. The number of anilines is 1. The Hall–Kier alpha value is -2.94. The quantitative estimate of drug-likeness (QED) is 0.671. The van der Waals surface area contributed by atoms with Crippen molar-refractivity contribution in [3.8, 4) is 0 Å². The summed E-state index contributed by atoms with van der Waals surface area (Å²) in [6.07, 6.45) is 0.792. The number of para-hydroxylation sites is 1. The number of aryl methyl sites for hydroxylation is 1. The number of amides is 1. The van der Waals surface area contributed by atoms with Crippen molar-refractivity contribution in [1.29, 1.82) is 0 Å². The number of carbonyl (C=O) groups excluding carboxylic acids is 2. The van der Waals surface area contributed by atoms with E-state index in [1.807, 2.05) is 0 Å². The van der Waals surface area contributed by atoms with Crippen molar-refractivity contribution in [3.05, 3.63) is 59.4 Å². The molecule has 1 atom stereocenters. The van der Waals surface area contributed by atoms with E-state index in [0.717, 1.165) is 25.0 Å². The Morgan fingerprint density at radius 1 is 1.17 bits per heavy atom. The van der Waals surface area contributed by atoms with Gasteiger partial charge in [-0.3, -0.25) is 9.52 Å². The number of sulfonamides is 1. The fourth-order valence-electron chi connectivity index (χ4n) is 2.56.